The molecule has 2 nitrogen and oxygen atoms in total. The molecule has 0 bridgehead atoms. The van der Waals surface area contributed by atoms with Crippen LogP contribution in [0.25, 0.3) is 11.1 Å². The first-order valence-corrected chi connectivity index (χ1v) is 11.0. The molecule has 30 heavy (non-hydrogen) atoms. The van der Waals surface area contributed by atoms with Crippen LogP contribution >= 0.6 is 0 Å². The minimum atomic E-state index is -0.177. The van der Waals surface area contributed by atoms with Crippen LogP contribution in [0, 0.1) is 12.7 Å². The zero-order chi connectivity index (χ0) is 20.5. The highest BCUT2D eigenvalue weighted by atomic mass is 19.1. The lowest BCUT2D eigenvalue weighted by Gasteiger charge is -2.34. The van der Waals surface area contributed by atoms with Crippen molar-refractivity contribution in [1.29, 1.82) is 0 Å². The average molecular weight is 402 g/mol. The number of rotatable bonds is 6. The van der Waals surface area contributed by atoms with Gasteiger partial charge in [0.15, 0.2) is 0 Å². The van der Waals surface area contributed by atoms with Gasteiger partial charge in [0.2, 0.25) is 0 Å². The summed E-state index contributed by atoms with van der Waals surface area (Å²) in [6, 6.07) is 20.5. The van der Waals surface area contributed by atoms with E-state index in [0.717, 1.165) is 42.4 Å². The van der Waals surface area contributed by atoms with Gasteiger partial charge in [0, 0.05) is 31.1 Å². The predicted octanol–water partition coefficient (Wildman–Crippen LogP) is 6.29. The fourth-order valence-electron chi connectivity index (χ4n) is 4.65. The van der Waals surface area contributed by atoms with Gasteiger partial charge >= 0.3 is 0 Å². The summed E-state index contributed by atoms with van der Waals surface area (Å²) in [5, 5.41) is 0. The molecule has 0 radical (unpaired) electrons. The Labute approximate surface area is 178 Å². The first-order valence-electron chi connectivity index (χ1n) is 11.0. The molecule has 0 saturated heterocycles. The van der Waals surface area contributed by atoms with E-state index >= 15 is 0 Å². The smallest absolute Gasteiger partial charge is 0.131 e. The van der Waals surface area contributed by atoms with Crippen molar-refractivity contribution in [2.45, 2.75) is 51.7 Å². The Morgan fingerprint density at radius 2 is 1.77 bits per heavy atom. The Bertz CT molecular complexity index is 1060. The molecule has 1 heterocycles. The Morgan fingerprint density at radius 3 is 2.53 bits per heavy atom. The van der Waals surface area contributed by atoms with Crippen LogP contribution in [0.2, 0.25) is 0 Å². The number of benzene rings is 3. The first-order chi connectivity index (χ1) is 14.7. The van der Waals surface area contributed by atoms with Gasteiger partial charge in [-0.3, -0.25) is 4.90 Å². The quantitative estimate of drug-likeness (QED) is 0.481. The largest absolute Gasteiger partial charge is 0.493 e. The zero-order valence-electron chi connectivity index (χ0n) is 17.5. The zero-order valence-corrected chi connectivity index (χ0v) is 17.5. The van der Waals surface area contributed by atoms with Gasteiger partial charge in [-0.25, -0.2) is 4.39 Å². The van der Waals surface area contributed by atoms with E-state index in [1.807, 2.05) is 25.1 Å². The Kier molecular flexibility index (Phi) is 5.30. The van der Waals surface area contributed by atoms with Gasteiger partial charge in [-0.15, -0.1) is 0 Å². The van der Waals surface area contributed by atoms with Crippen molar-refractivity contribution in [2.75, 3.05) is 6.61 Å². The summed E-state index contributed by atoms with van der Waals surface area (Å²) in [6.45, 7) is 4.84. The van der Waals surface area contributed by atoms with Crippen molar-refractivity contribution in [3.8, 4) is 16.9 Å². The van der Waals surface area contributed by atoms with E-state index in [-0.39, 0.29) is 5.82 Å². The average Bonchev–Trinajstić information content (AvgIpc) is 3.10. The van der Waals surface area contributed by atoms with Crippen molar-refractivity contribution in [3.05, 3.63) is 88.7 Å². The van der Waals surface area contributed by atoms with Crippen LogP contribution in [-0.2, 0) is 19.5 Å². The van der Waals surface area contributed by atoms with Crippen LogP contribution in [0.15, 0.2) is 60.7 Å². The van der Waals surface area contributed by atoms with Crippen LogP contribution in [-0.4, -0.2) is 17.5 Å². The molecule has 0 spiro atoms. The van der Waals surface area contributed by atoms with Gasteiger partial charge in [-0.2, -0.15) is 0 Å². The maximum absolute atomic E-state index is 14.1. The fourth-order valence-corrected chi connectivity index (χ4v) is 4.65. The number of halogens is 1. The minimum absolute atomic E-state index is 0.177. The lowest BCUT2D eigenvalue weighted by atomic mass is 9.92. The third kappa shape index (κ3) is 3.87. The number of aryl methyl sites for hydroxylation is 1. The van der Waals surface area contributed by atoms with E-state index in [9.17, 15) is 4.39 Å². The van der Waals surface area contributed by atoms with Gasteiger partial charge < -0.3 is 4.74 Å². The van der Waals surface area contributed by atoms with Crippen LogP contribution in [0.4, 0.5) is 4.39 Å². The van der Waals surface area contributed by atoms with E-state index in [1.165, 1.54) is 42.0 Å². The monoisotopic (exact) mass is 401 g/mol. The van der Waals surface area contributed by atoms with Crippen LogP contribution in [0.1, 0.15) is 41.5 Å². The molecule has 1 fully saturated rings. The van der Waals surface area contributed by atoms with E-state index in [4.69, 9.17) is 4.74 Å². The van der Waals surface area contributed by atoms with Gasteiger partial charge in [0.25, 0.3) is 0 Å². The van der Waals surface area contributed by atoms with Gasteiger partial charge in [0.1, 0.15) is 11.6 Å². The molecule has 1 saturated carbocycles. The lowest BCUT2D eigenvalue weighted by molar-refractivity contribution is 0.126. The molecule has 0 unspecified atom stereocenters. The normalized spacial score (nSPS) is 16.3. The summed E-state index contributed by atoms with van der Waals surface area (Å²) in [6.07, 6.45) is 4.93. The van der Waals surface area contributed by atoms with E-state index in [2.05, 4.69) is 35.2 Å². The highest BCUT2D eigenvalue weighted by Crippen LogP contribution is 2.34. The van der Waals surface area contributed by atoms with Gasteiger partial charge in [-0.1, -0.05) is 48.9 Å². The van der Waals surface area contributed by atoms with Crippen LogP contribution in [0.3, 0.4) is 0 Å². The van der Waals surface area contributed by atoms with Crippen molar-refractivity contribution in [3.63, 3.8) is 0 Å². The molecule has 3 aromatic rings. The number of hydrogen-bond donors (Lipinski definition) is 0. The van der Waals surface area contributed by atoms with Gasteiger partial charge in [-0.05, 0) is 65.8 Å². The summed E-state index contributed by atoms with van der Waals surface area (Å²) >= 11 is 0. The second-order valence-electron chi connectivity index (χ2n) is 8.65. The Hall–Kier alpha value is -2.65. The molecular weight excluding hydrogens is 373 g/mol. The number of nitrogens with zero attached hydrogens (tertiary/aromatic N) is 1. The lowest BCUT2D eigenvalue weighted by Crippen LogP contribution is -2.36. The Morgan fingerprint density at radius 1 is 0.933 bits per heavy atom. The van der Waals surface area contributed by atoms with E-state index in [0.29, 0.717) is 12.2 Å². The molecular formula is C27H28FNO. The summed E-state index contributed by atoms with van der Waals surface area (Å²) in [5.74, 6) is 0.785. The molecule has 154 valence electrons. The highest BCUT2D eigenvalue weighted by molar-refractivity contribution is 5.68. The molecule has 0 atom stereocenters. The molecule has 0 amide bonds. The third-order valence-corrected chi connectivity index (χ3v) is 6.63. The van der Waals surface area contributed by atoms with Crippen molar-refractivity contribution >= 4 is 0 Å². The summed E-state index contributed by atoms with van der Waals surface area (Å²) in [7, 11) is 0. The minimum Gasteiger partial charge on any atom is -0.493 e. The van der Waals surface area contributed by atoms with Crippen LogP contribution < -0.4 is 4.74 Å². The molecule has 3 aromatic carbocycles. The molecule has 0 aromatic heterocycles. The summed E-state index contributed by atoms with van der Waals surface area (Å²) in [4.78, 5) is 2.61. The number of ether oxygens (including phenoxy) is 1. The highest BCUT2D eigenvalue weighted by Gasteiger charge is 2.29. The fraction of sp³-hybridized carbons (Fsp3) is 0.333. The molecule has 2 aliphatic rings. The maximum Gasteiger partial charge on any atom is 0.131 e. The first kappa shape index (κ1) is 19.3. The number of fused-ring (bicyclic) bond motifs is 1. The van der Waals surface area contributed by atoms with E-state index < -0.39 is 0 Å². The molecule has 1 aliphatic carbocycles. The summed E-state index contributed by atoms with van der Waals surface area (Å²) < 4.78 is 20.2. The predicted molar refractivity (Wildman–Crippen MR) is 119 cm³/mol. The van der Waals surface area contributed by atoms with Crippen molar-refractivity contribution in [2.24, 2.45) is 0 Å². The Balaban J connectivity index is 1.20. The van der Waals surface area contributed by atoms with Gasteiger partial charge in [0.05, 0.1) is 6.61 Å². The number of hydrogen-bond acceptors (Lipinski definition) is 2. The SMILES string of the molecule is Cc1cc(CCOc2ccc3c(c2)CN(C2CCC2)C3)ccc1-c1ccccc1F. The maximum atomic E-state index is 14.1. The topological polar surface area (TPSA) is 12.5 Å². The molecule has 1 aliphatic heterocycles. The second kappa shape index (κ2) is 8.23. The molecule has 0 N–H and O–H groups in total. The van der Waals surface area contributed by atoms with Crippen molar-refractivity contribution in [1.82, 2.24) is 4.90 Å². The summed E-state index contributed by atoms with van der Waals surface area (Å²) in [5.41, 5.74) is 6.79. The molecule has 5 rings (SSSR count). The van der Waals surface area contributed by atoms with Crippen LogP contribution in [0.5, 0.6) is 5.75 Å². The molecule has 3 heteroatoms. The third-order valence-electron chi connectivity index (χ3n) is 6.63. The van der Waals surface area contributed by atoms with Crippen molar-refractivity contribution < 1.29 is 9.13 Å². The standard InChI is InChI=1S/C27H28FNO/c1-19-15-20(9-12-25(19)26-7-2-3-8-27(26)28)13-14-30-24-11-10-21-17-29(18-22(21)16-24)23-5-4-6-23/h2-3,7-12,15-16,23H,4-6,13-14,17-18H2,1H3. The van der Waals surface area contributed by atoms with E-state index in [1.54, 1.807) is 6.07 Å². The second-order valence-corrected chi connectivity index (χ2v) is 8.65.